The molecule has 0 spiro atoms. The van der Waals surface area contributed by atoms with Crippen molar-refractivity contribution in [2.24, 2.45) is 5.73 Å². The smallest absolute Gasteiger partial charge is 0.147 e. The second-order valence-electron chi connectivity index (χ2n) is 2.86. The maximum Gasteiger partial charge on any atom is 0.147 e. The molecule has 0 bridgehead atoms. The van der Waals surface area contributed by atoms with E-state index in [1.54, 1.807) is 0 Å². The maximum atomic E-state index is 5.94. The summed E-state index contributed by atoms with van der Waals surface area (Å²) in [7, 11) is 0. The molecule has 1 aromatic carbocycles. The zero-order valence-corrected chi connectivity index (χ0v) is 10.7. The van der Waals surface area contributed by atoms with Gasteiger partial charge < -0.3 is 5.73 Å². The van der Waals surface area contributed by atoms with Gasteiger partial charge in [0, 0.05) is 21.6 Å². The lowest BCUT2D eigenvalue weighted by atomic mass is 10.2. The Morgan fingerprint density at radius 3 is 2.73 bits per heavy atom. The minimum atomic E-state index is 0.416. The third kappa shape index (κ3) is 2.55. The first-order valence-corrected chi connectivity index (χ1v) is 6.16. The van der Waals surface area contributed by atoms with Gasteiger partial charge in [0.2, 0.25) is 0 Å². The number of halogens is 2. The molecule has 0 aliphatic carbocycles. The summed E-state index contributed by atoms with van der Waals surface area (Å²) in [6.07, 6.45) is 0. The first-order valence-electron chi connectivity index (χ1n) is 4.18. The van der Waals surface area contributed by atoms with E-state index >= 15 is 0 Å². The van der Waals surface area contributed by atoms with E-state index < -0.39 is 0 Å². The Balaban J connectivity index is 2.44. The van der Waals surface area contributed by atoms with Crippen LogP contribution in [0.1, 0.15) is 5.01 Å². The highest BCUT2D eigenvalue weighted by Crippen LogP contribution is 2.29. The molecule has 0 amide bonds. The van der Waals surface area contributed by atoms with Crippen molar-refractivity contribution in [1.82, 2.24) is 10.2 Å². The van der Waals surface area contributed by atoms with Gasteiger partial charge in [-0.05, 0) is 18.2 Å². The molecule has 2 aromatic rings. The Kier molecular flexibility index (Phi) is 3.35. The molecule has 0 aliphatic heterocycles. The minimum absolute atomic E-state index is 0.416. The van der Waals surface area contributed by atoms with Crippen molar-refractivity contribution in [3.05, 3.63) is 32.7 Å². The summed E-state index contributed by atoms with van der Waals surface area (Å²) in [6, 6.07) is 5.63. The Morgan fingerprint density at radius 2 is 2.13 bits per heavy atom. The van der Waals surface area contributed by atoms with E-state index in [0.717, 1.165) is 20.1 Å². The van der Waals surface area contributed by atoms with E-state index in [0.29, 0.717) is 11.6 Å². The molecule has 3 nitrogen and oxygen atoms in total. The number of aromatic nitrogens is 2. The SMILES string of the molecule is NCc1nnc(-c2cc(Cl)cc(Br)c2)s1. The molecule has 2 N–H and O–H groups in total. The van der Waals surface area contributed by atoms with Crippen molar-refractivity contribution in [3.8, 4) is 10.6 Å². The molecular formula is C9H7BrClN3S. The number of rotatable bonds is 2. The zero-order valence-electron chi connectivity index (χ0n) is 7.58. The molecule has 0 unspecified atom stereocenters. The van der Waals surface area contributed by atoms with Crippen molar-refractivity contribution in [1.29, 1.82) is 0 Å². The number of hydrogen-bond donors (Lipinski definition) is 1. The van der Waals surface area contributed by atoms with Gasteiger partial charge in [-0.1, -0.05) is 38.9 Å². The molecule has 0 saturated heterocycles. The van der Waals surface area contributed by atoms with Crippen LogP contribution in [0.15, 0.2) is 22.7 Å². The quantitative estimate of drug-likeness (QED) is 0.927. The van der Waals surface area contributed by atoms with Gasteiger partial charge >= 0.3 is 0 Å². The predicted octanol–water partition coefficient (Wildman–Crippen LogP) is 3.08. The second-order valence-corrected chi connectivity index (χ2v) is 5.28. The van der Waals surface area contributed by atoms with Gasteiger partial charge in [0.1, 0.15) is 10.0 Å². The highest BCUT2D eigenvalue weighted by Gasteiger charge is 2.07. The molecule has 78 valence electrons. The average Bonchev–Trinajstić information content (AvgIpc) is 2.64. The normalized spacial score (nSPS) is 10.6. The van der Waals surface area contributed by atoms with Crippen molar-refractivity contribution in [3.63, 3.8) is 0 Å². The molecule has 0 atom stereocenters. The maximum absolute atomic E-state index is 5.94. The summed E-state index contributed by atoms with van der Waals surface area (Å²) >= 11 is 10.8. The molecule has 0 aliphatic rings. The zero-order chi connectivity index (χ0) is 10.8. The van der Waals surface area contributed by atoms with Gasteiger partial charge in [0.25, 0.3) is 0 Å². The van der Waals surface area contributed by atoms with Gasteiger partial charge in [-0.25, -0.2) is 0 Å². The molecule has 0 saturated carbocycles. The topological polar surface area (TPSA) is 51.8 Å². The van der Waals surface area contributed by atoms with Crippen LogP contribution in [0.3, 0.4) is 0 Å². The number of hydrogen-bond acceptors (Lipinski definition) is 4. The molecule has 0 radical (unpaired) electrons. The standard InChI is InChI=1S/C9H7BrClN3S/c10-6-1-5(2-7(11)3-6)9-14-13-8(4-12)15-9/h1-3H,4,12H2. The first-order chi connectivity index (χ1) is 7.19. The van der Waals surface area contributed by atoms with E-state index in [-0.39, 0.29) is 0 Å². The van der Waals surface area contributed by atoms with Gasteiger partial charge in [-0.2, -0.15) is 0 Å². The summed E-state index contributed by atoms with van der Waals surface area (Å²) in [6.45, 7) is 0.416. The van der Waals surface area contributed by atoms with Crippen LogP contribution in [-0.2, 0) is 6.54 Å². The van der Waals surface area contributed by atoms with Crippen LogP contribution in [0.25, 0.3) is 10.6 Å². The van der Waals surface area contributed by atoms with Crippen molar-refractivity contribution < 1.29 is 0 Å². The van der Waals surface area contributed by atoms with E-state index in [4.69, 9.17) is 17.3 Å². The van der Waals surface area contributed by atoms with E-state index in [9.17, 15) is 0 Å². The molecular weight excluding hydrogens is 298 g/mol. The number of nitrogens with zero attached hydrogens (tertiary/aromatic N) is 2. The monoisotopic (exact) mass is 303 g/mol. The summed E-state index contributed by atoms with van der Waals surface area (Å²) in [4.78, 5) is 0. The molecule has 0 fully saturated rings. The summed E-state index contributed by atoms with van der Waals surface area (Å²) < 4.78 is 0.925. The third-order valence-corrected chi connectivity index (χ3v) is 3.42. The molecule has 15 heavy (non-hydrogen) atoms. The number of benzene rings is 1. The highest BCUT2D eigenvalue weighted by atomic mass is 79.9. The Labute approximate surface area is 104 Å². The van der Waals surface area contributed by atoms with Crippen molar-refractivity contribution in [2.45, 2.75) is 6.54 Å². The summed E-state index contributed by atoms with van der Waals surface area (Å²) in [5.41, 5.74) is 6.42. The summed E-state index contributed by atoms with van der Waals surface area (Å²) in [5.74, 6) is 0. The first kappa shape index (κ1) is 11.0. The van der Waals surface area contributed by atoms with Crippen LogP contribution < -0.4 is 5.73 Å². The van der Waals surface area contributed by atoms with Gasteiger partial charge in [-0.15, -0.1) is 10.2 Å². The van der Waals surface area contributed by atoms with Crippen LogP contribution in [0.2, 0.25) is 5.02 Å². The minimum Gasteiger partial charge on any atom is -0.324 e. The highest BCUT2D eigenvalue weighted by molar-refractivity contribution is 9.10. The number of nitrogens with two attached hydrogens (primary N) is 1. The Bertz CT molecular complexity index is 466. The van der Waals surface area contributed by atoms with E-state index in [1.165, 1.54) is 11.3 Å². The van der Waals surface area contributed by atoms with Crippen molar-refractivity contribution >= 4 is 38.9 Å². The molecule has 2 rings (SSSR count). The third-order valence-electron chi connectivity index (χ3n) is 1.75. The van der Waals surface area contributed by atoms with Crippen LogP contribution in [0.4, 0.5) is 0 Å². The lowest BCUT2D eigenvalue weighted by molar-refractivity contribution is 0.960. The fraction of sp³-hybridized carbons (Fsp3) is 0.111. The van der Waals surface area contributed by atoms with Crippen molar-refractivity contribution in [2.75, 3.05) is 0 Å². The lowest BCUT2D eigenvalue weighted by Crippen LogP contribution is -1.94. The predicted molar refractivity (Wildman–Crippen MR) is 65.9 cm³/mol. The van der Waals surface area contributed by atoms with Gasteiger partial charge in [0.05, 0.1) is 0 Å². The Morgan fingerprint density at radius 1 is 1.33 bits per heavy atom. The largest absolute Gasteiger partial charge is 0.324 e. The molecule has 1 aromatic heterocycles. The van der Waals surface area contributed by atoms with Crippen LogP contribution in [0, 0.1) is 0 Å². The van der Waals surface area contributed by atoms with E-state index in [1.807, 2.05) is 18.2 Å². The molecule has 6 heteroatoms. The fourth-order valence-electron chi connectivity index (χ4n) is 1.13. The summed E-state index contributed by atoms with van der Waals surface area (Å²) in [5, 5.41) is 10.3. The second kappa shape index (κ2) is 4.57. The van der Waals surface area contributed by atoms with Crippen LogP contribution >= 0.6 is 38.9 Å². The van der Waals surface area contributed by atoms with Gasteiger partial charge in [-0.3, -0.25) is 0 Å². The van der Waals surface area contributed by atoms with Gasteiger partial charge in [0.15, 0.2) is 0 Å². The lowest BCUT2D eigenvalue weighted by Gasteiger charge is -1.97. The Hall–Kier alpha value is -0.490. The van der Waals surface area contributed by atoms with Crippen LogP contribution in [0.5, 0.6) is 0 Å². The fourth-order valence-corrected chi connectivity index (χ4v) is 2.70. The van der Waals surface area contributed by atoms with E-state index in [2.05, 4.69) is 26.1 Å². The average molecular weight is 305 g/mol. The molecule has 1 heterocycles. The van der Waals surface area contributed by atoms with Crippen LogP contribution in [-0.4, -0.2) is 10.2 Å².